The van der Waals surface area contributed by atoms with E-state index in [2.05, 4.69) is 4.90 Å². The molecule has 0 aromatic rings. The summed E-state index contributed by atoms with van der Waals surface area (Å²) in [6, 6.07) is 0. The number of aliphatic hydroxyl groups excluding tert-OH is 1. The Morgan fingerprint density at radius 1 is 1.54 bits per heavy atom. The van der Waals surface area contributed by atoms with Crippen LogP contribution in [0.25, 0.3) is 0 Å². The number of carbonyl (C=O) groups is 1. The molecule has 1 fully saturated rings. The quantitative estimate of drug-likeness (QED) is 0.606. The van der Waals surface area contributed by atoms with E-state index in [1.165, 1.54) is 0 Å². The predicted octanol–water partition coefficient (Wildman–Crippen LogP) is -0.781. The summed E-state index contributed by atoms with van der Waals surface area (Å²) in [6.45, 7) is 1.72. The number of ketones is 1. The molecular formula is C9H18N2O2. The highest BCUT2D eigenvalue weighted by Gasteiger charge is 2.38. The van der Waals surface area contributed by atoms with Gasteiger partial charge < -0.3 is 15.7 Å². The molecular weight excluding hydrogens is 168 g/mol. The van der Waals surface area contributed by atoms with Crippen molar-refractivity contribution in [2.24, 2.45) is 11.1 Å². The Kier molecular flexibility index (Phi) is 3.41. The fraction of sp³-hybridized carbons (Fsp3) is 0.889. The van der Waals surface area contributed by atoms with E-state index in [0.717, 1.165) is 25.9 Å². The van der Waals surface area contributed by atoms with Crippen molar-refractivity contribution in [3.05, 3.63) is 0 Å². The highest BCUT2D eigenvalue weighted by atomic mass is 16.3. The van der Waals surface area contributed by atoms with Crippen LogP contribution in [0.3, 0.4) is 0 Å². The van der Waals surface area contributed by atoms with Gasteiger partial charge in [-0.3, -0.25) is 4.79 Å². The SMILES string of the molecule is CN1CCC(CO)(C(=O)CN)CC1. The van der Waals surface area contributed by atoms with E-state index in [9.17, 15) is 9.90 Å². The molecule has 0 saturated carbocycles. The van der Waals surface area contributed by atoms with Gasteiger partial charge >= 0.3 is 0 Å². The van der Waals surface area contributed by atoms with E-state index in [1.807, 2.05) is 7.05 Å². The second kappa shape index (κ2) is 4.17. The van der Waals surface area contributed by atoms with Crippen LogP contribution in [0.2, 0.25) is 0 Å². The monoisotopic (exact) mass is 186 g/mol. The summed E-state index contributed by atoms with van der Waals surface area (Å²) in [5.74, 6) is 0.00287. The van der Waals surface area contributed by atoms with Crippen LogP contribution in [-0.2, 0) is 4.79 Å². The van der Waals surface area contributed by atoms with E-state index in [1.54, 1.807) is 0 Å². The van der Waals surface area contributed by atoms with E-state index in [4.69, 9.17) is 5.73 Å². The summed E-state index contributed by atoms with van der Waals surface area (Å²) in [4.78, 5) is 13.7. The zero-order chi connectivity index (χ0) is 9.90. The molecule has 0 atom stereocenters. The van der Waals surface area contributed by atoms with Gasteiger partial charge in [-0.1, -0.05) is 0 Å². The van der Waals surface area contributed by atoms with Crippen molar-refractivity contribution < 1.29 is 9.90 Å². The molecule has 1 saturated heterocycles. The maximum atomic E-state index is 11.5. The Morgan fingerprint density at radius 2 is 2.08 bits per heavy atom. The van der Waals surface area contributed by atoms with Gasteiger partial charge in [0.05, 0.1) is 18.6 Å². The van der Waals surface area contributed by atoms with Crippen molar-refractivity contribution in [2.45, 2.75) is 12.8 Å². The van der Waals surface area contributed by atoms with Crippen LogP contribution in [0.5, 0.6) is 0 Å². The summed E-state index contributed by atoms with van der Waals surface area (Å²) in [7, 11) is 2.02. The smallest absolute Gasteiger partial charge is 0.154 e. The molecule has 0 radical (unpaired) electrons. The molecule has 0 amide bonds. The fourth-order valence-corrected chi connectivity index (χ4v) is 1.79. The number of rotatable bonds is 3. The summed E-state index contributed by atoms with van der Waals surface area (Å²) < 4.78 is 0. The molecule has 1 heterocycles. The fourth-order valence-electron chi connectivity index (χ4n) is 1.79. The van der Waals surface area contributed by atoms with Gasteiger partial charge in [0.25, 0.3) is 0 Å². The third-order valence-corrected chi connectivity index (χ3v) is 3.02. The minimum absolute atomic E-state index is 0.00287. The Labute approximate surface area is 78.7 Å². The zero-order valence-corrected chi connectivity index (χ0v) is 8.12. The normalized spacial score (nSPS) is 23.0. The minimum atomic E-state index is -0.540. The number of nitrogens with zero attached hydrogens (tertiary/aromatic N) is 1. The minimum Gasteiger partial charge on any atom is -0.395 e. The average Bonchev–Trinajstić information content (AvgIpc) is 2.18. The van der Waals surface area contributed by atoms with Crippen molar-refractivity contribution in [1.82, 2.24) is 4.90 Å². The lowest BCUT2D eigenvalue weighted by molar-refractivity contribution is -0.132. The molecule has 1 rings (SSSR count). The number of Topliss-reactive ketones (excluding diaryl/α,β-unsaturated/α-hetero) is 1. The second-order valence-electron chi connectivity index (χ2n) is 3.87. The molecule has 1 aliphatic rings. The lowest BCUT2D eigenvalue weighted by atomic mass is 9.75. The maximum absolute atomic E-state index is 11.5. The molecule has 4 nitrogen and oxygen atoms in total. The van der Waals surface area contributed by atoms with Crippen LogP contribution in [0.4, 0.5) is 0 Å². The Balaban J connectivity index is 2.65. The van der Waals surface area contributed by atoms with Crippen molar-refractivity contribution in [3.63, 3.8) is 0 Å². The van der Waals surface area contributed by atoms with Crippen molar-refractivity contribution in [2.75, 3.05) is 33.3 Å². The van der Waals surface area contributed by atoms with Gasteiger partial charge in [0.2, 0.25) is 0 Å². The van der Waals surface area contributed by atoms with E-state index in [-0.39, 0.29) is 18.9 Å². The van der Waals surface area contributed by atoms with Crippen molar-refractivity contribution in [3.8, 4) is 0 Å². The van der Waals surface area contributed by atoms with Crippen molar-refractivity contribution >= 4 is 5.78 Å². The summed E-state index contributed by atoms with van der Waals surface area (Å²) >= 11 is 0. The Bertz CT molecular complexity index is 186. The molecule has 0 unspecified atom stereocenters. The van der Waals surface area contributed by atoms with Gasteiger partial charge in [0, 0.05) is 0 Å². The standard InChI is InChI=1S/C9H18N2O2/c1-11-4-2-9(7-12,3-5-11)8(13)6-10/h12H,2-7,10H2,1H3. The first-order valence-electron chi connectivity index (χ1n) is 4.67. The van der Waals surface area contributed by atoms with E-state index < -0.39 is 5.41 Å². The molecule has 0 aliphatic carbocycles. The molecule has 3 N–H and O–H groups in total. The van der Waals surface area contributed by atoms with Gasteiger partial charge in [-0.15, -0.1) is 0 Å². The van der Waals surface area contributed by atoms with Gasteiger partial charge in [-0.2, -0.15) is 0 Å². The molecule has 0 aromatic carbocycles. The first-order chi connectivity index (χ1) is 6.14. The van der Waals surface area contributed by atoms with Crippen LogP contribution in [0.1, 0.15) is 12.8 Å². The summed E-state index contributed by atoms with van der Waals surface area (Å²) in [5, 5.41) is 9.23. The van der Waals surface area contributed by atoms with Crippen LogP contribution < -0.4 is 5.73 Å². The van der Waals surface area contributed by atoms with Gasteiger partial charge in [0.1, 0.15) is 0 Å². The lowest BCUT2D eigenvalue weighted by Gasteiger charge is -2.37. The highest BCUT2D eigenvalue weighted by molar-refractivity contribution is 5.86. The number of piperidine rings is 1. The lowest BCUT2D eigenvalue weighted by Crippen LogP contribution is -2.47. The van der Waals surface area contributed by atoms with Gasteiger partial charge in [-0.25, -0.2) is 0 Å². The Hall–Kier alpha value is -0.450. The van der Waals surface area contributed by atoms with Crippen LogP contribution in [0, 0.1) is 5.41 Å². The highest BCUT2D eigenvalue weighted by Crippen LogP contribution is 2.31. The average molecular weight is 186 g/mol. The number of aliphatic hydroxyl groups is 1. The molecule has 76 valence electrons. The molecule has 0 spiro atoms. The number of likely N-dealkylation sites (tertiary alicyclic amines) is 1. The molecule has 0 aromatic heterocycles. The van der Waals surface area contributed by atoms with Crippen molar-refractivity contribution in [1.29, 1.82) is 0 Å². The third kappa shape index (κ3) is 2.07. The van der Waals surface area contributed by atoms with Crippen LogP contribution in [0.15, 0.2) is 0 Å². The van der Waals surface area contributed by atoms with Crippen LogP contribution in [-0.4, -0.2) is 49.1 Å². The number of hydrogen-bond acceptors (Lipinski definition) is 4. The predicted molar refractivity (Wildman–Crippen MR) is 50.3 cm³/mol. The number of hydrogen-bond donors (Lipinski definition) is 2. The largest absolute Gasteiger partial charge is 0.395 e. The maximum Gasteiger partial charge on any atom is 0.154 e. The summed E-state index contributed by atoms with van der Waals surface area (Å²) in [5.41, 5.74) is 4.78. The Morgan fingerprint density at radius 3 is 2.46 bits per heavy atom. The first kappa shape index (κ1) is 10.6. The second-order valence-corrected chi connectivity index (χ2v) is 3.87. The summed E-state index contributed by atoms with van der Waals surface area (Å²) in [6.07, 6.45) is 1.46. The van der Waals surface area contributed by atoms with Gasteiger partial charge in [-0.05, 0) is 33.0 Å². The van der Waals surface area contributed by atoms with Gasteiger partial charge in [0.15, 0.2) is 5.78 Å². The van der Waals surface area contributed by atoms with E-state index >= 15 is 0 Å². The van der Waals surface area contributed by atoms with Crippen LogP contribution >= 0.6 is 0 Å². The third-order valence-electron chi connectivity index (χ3n) is 3.02. The molecule has 4 heteroatoms. The number of carbonyl (C=O) groups excluding carboxylic acids is 1. The first-order valence-corrected chi connectivity index (χ1v) is 4.67. The molecule has 0 bridgehead atoms. The molecule has 13 heavy (non-hydrogen) atoms. The zero-order valence-electron chi connectivity index (χ0n) is 8.12. The number of nitrogens with two attached hydrogens (primary N) is 1. The van der Waals surface area contributed by atoms with E-state index in [0.29, 0.717) is 0 Å². The molecule has 1 aliphatic heterocycles. The topological polar surface area (TPSA) is 66.6 Å².